The fourth-order valence-corrected chi connectivity index (χ4v) is 2.26. The van der Waals surface area contributed by atoms with Crippen LogP contribution >= 0.6 is 0 Å². The van der Waals surface area contributed by atoms with Crippen molar-refractivity contribution in [2.45, 2.75) is 26.7 Å². The molecule has 1 N–H and O–H groups in total. The van der Waals surface area contributed by atoms with Crippen molar-refractivity contribution in [3.05, 3.63) is 37.9 Å². The van der Waals surface area contributed by atoms with Crippen LogP contribution in [0.15, 0.2) is 12.1 Å². The number of hydrogen-bond acceptors (Lipinski definition) is 6. The van der Waals surface area contributed by atoms with E-state index in [0.717, 1.165) is 12.1 Å². The fourth-order valence-electron chi connectivity index (χ4n) is 2.26. The number of rotatable bonds is 8. The highest BCUT2D eigenvalue weighted by atomic mass is 16.6. The van der Waals surface area contributed by atoms with Crippen molar-refractivity contribution >= 4 is 23.0 Å². The average molecular weight is 311 g/mol. The van der Waals surface area contributed by atoms with E-state index in [1.165, 1.54) is 4.90 Å². The summed E-state index contributed by atoms with van der Waals surface area (Å²) in [6, 6.07) is 1.91. The minimum atomic E-state index is -1.36. The number of nitro groups is 2. The molecule has 0 radical (unpaired) electrons. The van der Waals surface area contributed by atoms with Crippen LogP contribution in [0.2, 0.25) is 0 Å². The zero-order valence-electron chi connectivity index (χ0n) is 12.3. The van der Waals surface area contributed by atoms with Crippen LogP contribution in [-0.4, -0.2) is 34.0 Å². The molecule has 0 heterocycles. The third-order valence-electron chi connectivity index (χ3n) is 3.04. The summed E-state index contributed by atoms with van der Waals surface area (Å²) in [5, 5.41) is 31.6. The maximum absolute atomic E-state index is 11.4. The van der Waals surface area contributed by atoms with Gasteiger partial charge >= 0.3 is 17.3 Å². The molecule has 0 atom stereocenters. The SMILES string of the molecule is CCCN(CCC)c1c(C(=O)O)ccc([N+](=O)[O-])c1[N+](=O)[O-]. The molecule has 1 rings (SSSR count). The van der Waals surface area contributed by atoms with E-state index in [0.29, 0.717) is 25.9 Å². The lowest BCUT2D eigenvalue weighted by Crippen LogP contribution is -2.28. The first-order valence-corrected chi connectivity index (χ1v) is 6.79. The fraction of sp³-hybridized carbons (Fsp3) is 0.462. The van der Waals surface area contributed by atoms with E-state index in [4.69, 9.17) is 0 Å². The zero-order chi connectivity index (χ0) is 16.9. The van der Waals surface area contributed by atoms with Gasteiger partial charge < -0.3 is 10.0 Å². The molecule has 1 aromatic rings. The second kappa shape index (κ2) is 7.34. The van der Waals surface area contributed by atoms with E-state index >= 15 is 0 Å². The first kappa shape index (κ1) is 17.3. The Labute approximate surface area is 126 Å². The topological polar surface area (TPSA) is 127 Å². The average Bonchev–Trinajstić information content (AvgIpc) is 2.45. The first-order chi connectivity index (χ1) is 10.3. The number of benzene rings is 1. The van der Waals surface area contributed by atoms with Crippen LogP contribution < -0.4 is 4.90 Å². The van der Waals surface area contributed by atoms with E-state index in [2.05, 4.69) is 0 Å². The number of carbonyl (C=O) groups is 1. The molecule has 0 saturated carbocycles. The van der Waals surface area contributed by atoms with Crippen molar-refractivity contribution in [3.8, 4) is 0 Å². The molecule has 0 bridgehead atoms. The third-order valence-corrected chi connectivity index (χ3v) is 3.04. The lowest BCUT2D eigenvalue weighted by Gasteiger charge is -2.24. The van der Waals surface area contributed by atoms with Crippen LogP contribution in [0.1, 0.15) is 37.0 Å². The maximum atomic E-state index is 11.4. The van der Waals surface area contributed by atoms with Gasteiger partial charge in [0.25, 0.3) is 0 Å². The predicted octanol–water partition coefficient (Wildman–Crippen LogP) is 2.83. The normalized spacial score (nSPS) is 10.3. The zero-order valence-corrected chi connectivity index (χ0v) is 12.3. The summed E-state index contributed by atoms with van der Waals surface area (Å²) in [6.45, 7) is 4.42. The number of carboxylic acids is 1. The Hall–Kier alpha value is -2.71. The number of nitrogens with zero attached hydrogens (tertiary/aromatic N) is 3. The molecule has 0 fully saturated rings. The van der Waals surface area contributed by atoms with Crippen molar-refractivity contribution in [1.82, 2.24) is 0 Å². The van der Waals surface area contributed by atoms with Crippen molar-refractivity contribution in [3.63, 3.8) is 0 Å². The largest absolute Gasteiger partial charge is 0.478 e. The molecular formula is C13H17N3O6. The van der Waals surface area contributed by atoms with E-state index < -0.39 is 27.2 Å². The smallest absolute Gasteiger partial charge is 0.369 e. The van der Waals surface area contributed by atoms with Crippen LogP contribution in [-0.2, 0) is 0 Å². The van der Waals surface area contributed by atoms with Gasteiger partial charge in [0.2, 0.25) is 0 Å². The molecule has 22 heavy (non-hydrogen) atoms. The highest BCUT2D eigenvalue weighted by Gasteiger charge is 2.35. The number of carboxylic acid groups (broad SMARTS) is 1. The minimum absolute atomic E-state index is 0.199. The van der Waals surface area contributed by atoms with E-state index in [9.17, 15) is 30.1 Å². The summed E-state index contributed by atoms with van der Waals surface area (Å²) in [4.78, 5) is 33.5. The molecule has 120 valence electrons. The predicted molar refractivity (Wildman–Crippen MR) is 79.5 cm³/mol. The number of hydrogen-bond donors (Lipinski definition) is 1. The summed E-state index contributed by atoms with van der Waals surface area (Å²) in [5.74, 6) is -1.36. The molecular weight excluding hydrogens is 294 g/mol. The lowest BCUT2D eigenvalue weighted by atomic mass is 10.1. The Kier molecular flexibility index (Phi) is 5.79. The molecule has 0 aliphatic rings. The molecule has 1 aromatic carbocycles. The van der Waals surface area contributed by atoms with Gasteiger partial charge in [0.05, 0.1) is 15.4 Å². The minimum Gasteiger partial charge on any atom is -0.478 e. The molecule has 9 nitrogen and oxygen atoms in total. The molecule has 9 heteroatoms. The highest BCUT2D eigenvalue weighted by molar-refractivity contribution is 5.99. The van der Waals surface area contributed by atoms with Gasteiger partial charge in [0.1, 0.15) is 5.69 Å². The summed E-state index contributed by atoms with van der Waals surface area (Å²) < 4.78 is 0. The Morgan fingerprint density at radius 3 is 2.05 bits per heavy atom. The molecule has 0 aliphatic heterocycles. The summed E-state index contributed by atoms with van der Waals surface area (Å²) in [7, 11) is 0. The Morgan fingerprint density at radius 2 is 1.68 bits per heavy atom. The van der Waals surface area contributed by atoms with Crippen molar-refractivity contribution in [1.29, 1.82) is 0 Å². The van der Waals surface area contributed by atoms with Crippen molar-refractivity contribution in [2.24, 2.45) is 0 Å². The van der Waals surface area contributed by atoms with Gasteiger partial charge in [-0.2, -0.15) is 0 Å². The molecule has 0 unspecified atom stereocenters. The molecule has 0 saturated heterocycles. The maximum Gasteiger partial charge on any atom is 0.369 e. The van der Waals surface area contributed by atoms with E-state index in [1.54, 1.807) is 0 Å². The van der Waals surface area contributed by atoms with E-state index in [1.807, 2.05) is 13.8 Å². The van der Waals surface area contributed by atoms with Gasteiger partial charge in [0, 0.05) is 19.2 Å². The van der Waals surface area contributed by atoms with Gasteiger partial charge in [-0.15, -0.1) is 0 Å². The van der Waals surface area contributed by atoms with Crippen molar-refractivity contribution < 1.29 is 19.7 Å². The Bertz CT molecular complexity index is 596. The third kappa shape index (κ3) is 3.48. The van der Waals surface area contributed by atoms with E-state index in [-0.39, 0.29) is 11.3 Å². The Morgan fingerprint density at radius 1 is 1.14 bits per heavy atom. The van der Waals surface area contributed by atoms with Crippen LogP contribution in [0.3, 0.4) is 0 Å². The summed E-state index contributed by atoms with van der Waals surface area (Å²) >= 11 is 0. The highest BCUT2D eigenvalue weighted by Crippen LogP contribution is 2.40. The van der Waals surface area contributed by atoms with Gasteiger partial charge in [-0.3, -0.25) is 20.2 Å². The molecule has 0 aromatic heterocycles. The number of aromatic carboxylic acids is 1. The van der Waals surface area contributed by atoms with Crippen LogP contribution in [0, 0.1) is 20.2 Å². The second-order valence-electron chi connectivity index (χ2n) is 4.64. The van der Waals surface area contributed by atoms with Crippen LogP contribution in [0.5, 0.6) is 0 Å². The number of nitro benzene ring substituents is 2. The summed E-state index contributed by atoms with van der Waals surface area (Å²) in [6.07, 6.45) is 1.25. The summed E-state index contributed by atoms with van der Waals surface area (Å²) in [5.41, 5.74) is -1.98. The number of anilines is 1. The van der Waals surface area contributed by atoms with Gasteiger partial charge in [-0.25, -0.2) is 4.79 Å². The van der Waals surface area contributed by atoms with Crippen LogP contribution in [0.25, 0.3) is 0 Å². The molecule has 0 amide bonds. The standard InChI is InChI=1S/C13H17N3O6/c1-3-7-14(8-4-2)11-9(13(17)18)5-6-10(15(19)20)12(11)16(21)22/h5-6H,3-4,7-8H2,1-2H3,(H,17,18). The van der Waals surface area contributed by atoms with Crippen LogP contribution in [0.4, 0.5) is 17.1 Å². The molecule has 0 aliphatic carbocycles. The Balaban J connectivity index is 3.72. The van der Waals surface area contributed by atoms with Gasteiger partial charge in [-0.05, 0) is 18.9 Å². The molecule has 0 spiro atoms. The van der Waals surface area contributed by atoms with Gasteiger partial charge in [0.15, 0.2) is 0 Å². The monoisotopic (exact) mass is 311 g/mol. The first-order valence-electron chi connectivity index (χ1n) is 6.79. The van der Waals surface area contributed by atoms with Crippen molar-refractivity contribution in [2.75, 3.05) is 18.0 Å². The second-order valence-corrected chi connectivity index (χ2v) is 4.64. The van der Waals surface area contributed by atoms with Gasteiger partial charge in [-0.1, -0.05) is 13.8 Å². The lowest BCUT2D eigenvalue weighted by molar-refractivity contribution is -0.422. The quantitative estimate of drug-likeness (QED) is 0.577.